The Labute approximate surface area is 124 Å². The third kappa shape index (κ3) is 1.98. The van der Waals surface area contributed by atoms with Crippen molar-refractivity contribution in [1.82, 2.24) is 9.97 Å². The number of aliphatic hydroxyl groups excluding tert-OH is 1. The predicted octanol–water partition coefficient (Wildman–Crippen LogP) is 1.06. The number of aromatic nitrogens is 2. The molecule has 2 aromatic rings. The van der Waals surface area contributed by atoms with Crippen LogP contribution in [0.25, 0.3) is 11.0 Å². The van der Waals surface area contributed by atoms with Gasteiger partial charge >= 0.3 is 0 Å². The molecule has 118 valence electrons. The van der Waals surface area contributed by atoms with Gasteiger partial charge in [-0.2, -0.15) is 4.98 Å². The summed E-state index contributed by atoms with van der Waals surface area (Å²) in [4.78, 5) is 6.75. The number of ether oxygens (including phenoxy) is 3. The van der Waals surface area contributed by atoms with Crippen LogP contribution in [0.1, 0.15) is 5.56 Å². The number of nitrogens with zero attached hydrogens (tertiary/aromatic N) is 1. The minimum absolute atomic E-state index is 0.0248. The van der Waals surface area contributed by atoms with Crippen molar-refractivity contribution < 1.29 is 28.1 Å². The number of H-pyrrole nitrogens is 1. The van der Waals surface area contributed by atoms with E-state index >= 15 is 0 Å². The Morgan fingerprint density at radius 1 is 1.32 bits per heavy atom. The van der Waals surface area contributed by atoms with Gasteiger partial charge in [0.05, 0.1) is 18.7 Å². The van der Waals surface area contributed by atoms with Crippen molar-refractivity contribution in [2.45, 2.75) is 31.3 Å². The maximum Gasteiger partial charge on any atom is 0.295 e. The highest BCUT2D eigenvalue weighted by Crippen LogP contribution is 2.30. The average Bonchev–Trinajstić information content (AvgIpc) is 3.15. The lowest BCUT2D eigenvalue weighted by Gasteiger charge is -2.15. The Balaban J connectivity index is 1.61. The molecule has 22 heavy (non-hydrogen) atoms. The summed E-state index contributed by atoms with van der Waals surface area (Å²) in [7, 11) is 0. The minimum atomic E-state index is -0.714. The quantitative estimate of drug-likeness (QED) is 0.867. The summed E-state index contributed by atoms with van der Waals surface area (Å²) < 4.78 is 44.0. The Morgan fingerprint density at radius 2 is 2.09 bits per heavy atom. The highest BCUT2D eigenvalue weighted by Gasteiger charge is 2.48. The topological polar surface area (TPSA) is 76.6 Å². The second kappa shape index (κ2) is 4.87. The zero-order valence-corrected chi connectivity index (χ0v) is 11.7. The second-order valence-corrected chi connectivity index (χ2v) is 5.56. The number of halogens is 2. The van der Waals surface area contributed by atoms with Crippen LogP contribution in [0.2, 0.25) is 0 Å². The fraction of sp³-hybridized carbons (Fsp3) is 0.500. The molecule has 6 nitrogen and oxygen atoms in total. The van der Waals surface area contributed by atoms with E-state index in [9.17, 15) is 13.9 Å². The van der Waals surface area contributed by atoms with Crippen LogP contribution in [0.4, 0.5) is 8.78 Å². The molecule has 2 aliphatic rings. The normalized spacial score (nSPS) is 30.9. The summed E-state index contributed by atoms with van der Waals surface area (Å²) in [6, 6.07) is 1.25. The van der Waals surface area contributed by atoms with E-state index in [1.54, 1.807) is 0 Å². The van der Waals surface area contributed by atoms with Gasteiger partial charge < -0.3 is 24.3 Å². The van der Waals surface area contributed by atoms with Crippen LogP contribution in [0.5, 0.6) is 6.01 Å². The molecular formula is C14H14F2N2O4. The molecule has 4 rings (SSSR count). The van der Waals surface area contributed by atoms with Crippen LogP contribution >= 0.6 is 0 Å². The Bertz CT molecular complexity index is 735. The summed E-state index contributed by atoms with van der Waals surface area (Å²) >= 11 is 0. The van der Waals surface area contributed by atoms with Crippen molar-refractivity contribution in [2.24, 2.45) is 0 Å². The second-order valence-electron chi connectivity index (χ2n) is 5.56. The van der Waals surface area contributed by atoms with Crippen LogP contribution in [0.15, 0.2) is 6.07 Å². The number of aromatic amines is 1. The van der Waals surface area contributed by atoms with Gasteiger partial charge in [0.25, 0.3) is 6.01 Å². The monoisotopic (exact) mass is 312 g/mol. The summed E-state index contributed by atoms with van der Waals surface area (Å²) in [5.74, 6) is -1.36. The summed E-state index contributed by atoms with van der Waals surface area (Å²) in [6.45, 7) is 1.77. The number of benzene rings is 1. The SMILES string of the molecule is Cc1c(F)cc2[nH]c(O[C@@H]3CO[C@H]4[C@@H]3OC[C@H]4O)nc2c1F. The first-order chi connectivity index (χ1) is 10.5. The molecule has 2 aliphatic heterocycles. The number of nitrogens with one attached hydrogen (secondary N) is 1. The van der Waals surface area contributed by atoms with Crippen LogP contribution in [-0.4, -0.2) is 52.7 Å². The van der Waals surface area contributed by atoms with Crippen molar-refractivity contribution >= 4 is 11.0 Å². The fourth-order valence-corrected chi connectivity index (χ4v) is 2.90. The van der Waals surface area contributed by atoms with E-state index in [1.165, 1.54) is 13.0 Å². The first-order valence-electron chi connectivity index (χ1n) is 6.97. The maximum absolute atomic E-state index is 14.0. The van der Waals surface area contributed by atoms with Gasteiger partial charge in [-0.25, -0.2) is 8.78 Å². The molecule has 0 unspecified atom stereocenters. The van der Waals surface area contributed by atoms with Gasteiger partial charge in [-0.05, 0) is 6.92 Å². The van der Waals surface area contributed by atoms with Gasteiger partial charge in [-0.15, -0.1) is 0 Å². The van der Waals surface area contributed by atoms with Crippen LogP contribution in [0.3, 0.4) is 0 Å². The molecule has 0 radical (unpaired) electrons. The van der Waals surface area contributed by atoms with E-state index in [4.69, 9.17) is 14.2 Å². The van der Waals surface area contributed by atoms with Crippen LogP contribution in [-0.2, 0) is 9.47 Å². The maximum atomic E-state index is 14.0. The lowest BCUT2D eigenvalue weighted by molar-refractivity contribution is 0.00706. The van der Waals surface area contributed by atoms with Crippen molar-refractivity contribution in [1.29, 1.82) is 0 Å². The zero-order chi connectivity index (χ0) is 15.4. The average molecular weight is 312 g/mol. The lowest BCUT2D eigenvalue weighted by atomic mass is 10.1. The van der Waals surface area contributed by atoms with E-state index in [-0.39, 0.29) is 35.8 Å². The molecule has 0 amide bonds. The molecule has 1 aromatic carbocycles. The van der Waals surface area contributed by atoms with Gasteiger partial charge in [-0.1, -0.05) is 0 Å². The van der Waals surface area contributed by atoms with E-state index < -0.39 is 36.1 Å². The van der Waals surface area contributed by atoms with Crippen molar-refractivity contribution in [3.63, 3.8) is 0 Å². The first-order valence-corrected chi connectivity index (χ1v) is 6.97. The van der Waals surface area contributed by atoms with Gasteiger partial charge in [0.15, 0.2) is 11.9 Å². The third-order valence-corrected chi connectivity index (χ3v) is 4.12. The molecule has 1 aromatic heterocycles. The van der Waals surface area contributed by atoms with E-state index in [1.807, 2.05) is 0 Å². The minimum Gasteiger partial charge on any atom is -0.456 e. The molecule has 0 bridgehead atoms. The number of imidazole rings is 1. The van der Waals surface area contributed by atoms with E-state index in [2.05, 4.69) is 9.97 Å². The summed E-state index contributed by atoms with van der Waals surface area (Å²) in [5, 5.41) is 9.67. The molecule has 2 fully saturated rings. The molecular weight excluding hydrogens is 298 g/mol. The largest absolute Gasteiger partial charge is 0.456 e. The Kier molecular flexibility index (Phi) is 3.07. The van der Waals surface area contributed by atoms with E-state index in [0.717, 1.165) is 0 Å². The molecule has 2 saturated heterocycles. The summed E-state index contributed by atoms with van der Waals surface area (Å²) in [6.07, 6.45) is -1.96. The Morgan fingerprint density at radius 3 is 2.91 bits per heavy atom. The molecule has 0 aliphatic carbocycles. The highest BCUT2D eigenvalue weighted by atomic mass is 19.1. The fourth-order valence-electron chi connectivity index (χ4n) is 2.90. The third-order valence-electron chi connectivity index (χ3n) is 4.12. The zero-order valence-electron chi connectivity index (χ0n) is 11.7. The van der Waals surface area contributed by atoms with Gasteiger partial charge in [0.1, 0.15) is 29.6 Å². The number of hydrogen-bond acceptors (Lipinski definition) is 5. The summed E-state index contributed by atoms with van der Waals surface area (Å²) in [5.41, 5.74) is 0.159. The molecule has 3 heterocycles. The van der Waals surface area contributed by atoms with Crippen molar-refractivity contribution in [3.8, 4) is 6.01 Å². The number of aliphatic hydroxyl groups is 1. The highest BCUT2D eigenvalue weighted by molar-refractivity contribution is 5.77. The molecule has 2 N–H and O–H groups in total. The van der Waals surface area contributed by atoms with Crippen molar-refractivity contribution in [3.05, 3.63) is 23.3 Å². The molecule has 8 heteroatoms. The van der Waals surface area contributed by atoms with E-state index in [0.29, 0.717) is 0 Å². The van der Waals surface area contributed by atoms with Gasteiger partial charge in [0.2, 0.25) is 0 Å². The smallest absolute Gasteiger partial charge is 0.295 e. The van der Waals surface area contributed by atoms with Crippen LogP contribution < -0.4 is 4.74 Å². The van der Waals surface area contributed by atoms with Gasteiger partial charge in [0, 0.05) is 11.6 Å². The van der Waals surface area contributed by atoms with Gasteiger partial charge in [-0.3, -0.25) is 0 Å². The molecule has 0 saturated carbocycles. The molecule has 4 atom stereocenters. The first kappa shape index (κ1) is 13.9. The standard InChI is InChI=1S/C14H14F2N2O4/c1-5-6(15)2-7-11(10(5)16)18-14(17-7)22-9-4-21-12-8(19)3-20-13(9)12/h2,8-9,12-13,19H,3-4H2,1H3,(H,17,18)/t8-,9-,12-,13-/m1/s1. The number of hydrogen-bond donors (Lipinski definition) is 2. The number of fused-ring (bicyclic) bond motifs is 2. The predicted molar refractivity (Wildman–Crippen MR) is 70.6 cm³/mol. The van der Waals surface area contributed by atoms with Crippen molar-refractivity contribution in [2.75, 3.05) is 13.2 Å². The van der Waals surface area contributed by atoms with Crippen LogP contribution in [0, 0.1) is 18.6 Å². The molecule has 0 spiro atoms. The lowest BCUT2D eigenvalue weighted by Crippen LogP contribution is -2.34. The number of rotatable bonds is 2. The Hall–Kier alpha value is -1.77.